The summed E-state index contributed by atoms with van der Waals surface area (Å²) in [5, 5.41) is 4.25. The molecule has 0 aliphatic rings. The Balaban J connectivity index is 1.79. The lowest BCUT2D eigenvalue weighted by atomic mass is 10.1. The Kier molecular flexibility index (Phi) is 3.52. The summed E-state index contributed by atoms with van der Waals surface area (Å²) in [5.74, 6) is 0. The number of anilines is 2. The van der Waals surface area contributed by atoms with Crippen LogP contribution in [0, 0.1) is 0 Å². The molecule has 0 aliphatic heterocycles. The van der Waals surface area contributed by atoms with Crippen LogP contribution in [0.4, 0.5) is 10.8 Å². The van der Waals surface area contributed by atoms with Crippen molar-refractivity contribution in [2.75, 3.05) is 11.1 Å². The van der Waals surface area contributed by atoms with Gasteiger partial charge in [-0.1, -0.05) is 24.3 Å². The molecule has 1 aromatic carbocycles. The number of fused-ring (bicyclic) bond motifs is 1. The zero-order valence-corrected chi connectivity index (χ0v) is 12.1. The standard InChI is InChI=1S/C15H16N4S/c1-2-10-4-3-7-17-13(10)9-18-15-19-12-6-5-11(16)8-14(12)20-15/h3-8H,2,9,16H2,1H3,(H,18,19). The Morgan fingerprint density at radius 3 is 3.05 bits per heavy atom. The molecule has 3 N–H and O–H groups in total. The van der Waals surface area contributed by atoms with Gasteiger partial charge in [-0.15, -0.1) is 0 Å². The van der Waals surface area contributed by atoms with Gasteiger partial charge in [-0.3, -0.25) is 4.98 Å². The third-order valence-corrected chi connectivity index (χ3v) is 4.16. The van der Waals surface area contributed by atoms with Gasteiger partial charge in [-0.25, -0.2) is 4.98 Å². The highest BCUT2D eigenvalue weighted by atomic mass is 32.1. The number of nitrogens with zero attached hydrogens (tertiary/aromatic N) is 2. The van der Waals surface area contributed by atoms with E-state index >= 15 is 0 Å². The van der Waals surface area contributed by atoms with Crippen molar-refractivity contribution < 1.29 is 0 Å². The van der Waals surface area contributed by atoms with E-state index in [4.69, 9.17) is 5.73 Å². The number of hydrogen-bond acceptors (Lipinski definition) is 5. The van der Waals surface area contributed by atoms with Gasteiger partial charge in [-0.05, 0) is 36.2 Å². The maximum atomic E-state index is 5.78. The molecule has 3 aromatic rings. The van der Waals surface area contributed by atoms with Crippen LogP contribution < -0.4 is 11.1 Å². The van der Waals surface area contributed by atoms with Crippen molar-refractivity contribution in [1.29, 1.82) is 0 Å². The minimum Gasteiger partial charge on any atom is -0.399 e. The Hall–Kier alpha value is -2.14. The van der Waals surface area contributed by atoms with Crippen LogP contribution in [-0.4, -0.2) is 9.97 Å². The van der Waals surface area contributed by atoms with Crippen molar-refractivity contribution in [2.24, 2.45) is 0 Å². The van der Waals surface area contributed by atoms with Crippen molar-refractivity contribution in [1.82, 2.24) is 9.97 Å². The number of nitrogens with one attached hydrogen (secondary N) is 1. The topological polar surface area (TPSA) is 63.8 Å². The van der Waals surface area contributed by atoms with Crippen molar-refractivity contribution in [3.63, 3.8) is 0 Å². The lowest BCUT2D eigenvalue weighted by Crippen LogP contribution is -2.04. The highest BCUT2D eigenvalue weighted by Gasteiger charge is 2.06. The molecule has 0 spiro atoms. The number of aromatic nitrogens is 2. The molecule has 0 radical (unpaired) electrons. The molecule has 0 atom stereocenters. The number of benzene rings is 1. The average Bonchev–Trinajstić information content (AvgIpc) is 2.87. The molecule has 0 unspecified atom stereocenters. The maximum absolute atomic E-state index is 5.78. The third kappa shape index (κ3) is 2.58. The summed E-state index contributed by atoms with van der Waals surface area (Å²) in [7, 11) is 0. The molecule has 0 amide bonds. The zero-order valence-electron chi connectivity index (χ0n) is 11.3. The second-order valence-electron chi connectivity index (χ2n) is 4.56. The van der Waals surface area contributed by atoms with Crippen LogP contribution in [0.5, 0.6) is 0 Å². The first-order valence-corrected chi connectivity index (χ1v) is 7.40. The van der Waals surface area contributed by atoms with Gasteiger partial charge in [0.2, 0.25) is 0 Å². The van der Waals surface area contributed by atoms with Crippen LogP contribution >= 0.6 is 11.3 Å². The summed E-state index contributed by atoms with van der Waals surface area (Å²) in [5.41, 5.74) is 9.88. The first-order chi connectivity index (χ1) is 9.76. The number of aryl methyl sites for hydroxylation is 1. The Morgan fingerprint density at radius 2 is 2.20 bits per heavy atom. The van der Waals surface area contributed by atoms with Crippen LogP contribution in [-0.2, 0) is 13.0 Å². The molecule has 0 fully saturated rings. The summed E-state index contributed by atoms with van der Waals surface area (Å²) < 4.78 is 1.10. The van der Waals surface area contributed by atoms with Gasteiger partial charge >= 0.3 is 0 Å². The molecule has 0 bridgehead atoms. The second kappa shape index (κ2) is 5.46. The molecule has 0 saturated carbocycles. The quantitative estimate of drug-likeness (QED) is 0.720. The summed E-state index contributed by atoms with van der Waals surface area (Å²) in [6.07, 6.45) is 2.82. The van der Waals surface area contributed by atoms with E-state index in [1.54, 1.807) is 11.3 Å². The first kappa shape index (κ1) is 12.9. The van der Waals surface area contributed by atoms with Gasteiger partial charge in [0.15, 0.2) is 5.13 Å². The predicted octanol–water partition coefficient (Wildman–Crippen LogP) is 3.45. The normalized spacial score (nSPS) is 10.8. The summed E-state index contributed by atoms with van der Waals surface area (Å²) >= 11 is 1.61. The van der Waals surface area contributed by atoms with E-state index < -0.39 is 0 Å². The van der Waals surface area contributed by atoms with Crippen molar-refractivity contribution in [3.8, 4) is 0 Å². The lowest BCUT2D eigenvalue weighted by molar-refractivity contribution is 0.970. The monoisotopic (exact) mass is 284 g/mol. The molecule has 3 rings (SSSR count). The van der Waals surface area contributed by atoms with E-state index in [0.717, 1.165) is 33.2 Å². The minimum absolute atomic E-state index is 0.694. The summed E-state index contributed by atoms with van der Waals surface area (Å²) in [4.78, 5) is 8.98. The third-order valence-electron chi connectivity index (χ3n) is 3.18. The van der Waals surface area contributed by atoms with Crippen molar-refractivity contribution >= 4 is 32.4 Å². The zero-order chi connectivity index (χ0) is 13.9. The fourth-order valence-corrected chi connectivity index (χ4v) is 3.04. The van der Waals surface area contributed by atoms with E-state index in [1.807, 2.05) is 30.5 Å². The lowest BCUT2D eigenvalue weighted by Gasteiger charge is -2.06. The van der Waals surface area contributed by atoms with E-state index in [-0.39, 0.29) is 0 Å². The maximum Gasteiger partial charge on any atom is 0.184 e. The molecule has 5 heteroatoms. The largest absolute Gasteiger partial charge is 0.399 e. The summed E-state index contributed by atoms with van der Waals surface area (Å²) in [6, 6.07) is 9.87. The van der Waals surface area contributed by atoms with Gasteiger partial charge in [-0.2, -0.15) is 0 Å². The van der Waals surface area contributed by atoms with E-state index in [1.165, 1.54) is 5.56 Å². The minimum atomic E-state index is 0.694. The van der Waals surface area contributed by atoms with Crippen LogP contribution in [0.2, 0.25) is 0 Å². The predicted molar refractivity (Wildman–Crippen MR) is 85.0 cm³/mol. The number of nitrogen functional groups attached to an aromatic ring is 1. The molecular formula is C15H16N4S. The molecule has 0 aliphatic carbocycles. The Labute approximate surface area is 121 Å². The number of nitrogens with two attached hydrogens (primary N) is 1. The fraction of sp³-hybridized carbons (Fsp3) is 0.200. The first-order valence-electron chi connectivity index (χ1n) is 6.59. The average molecular weight is 284 g/mol. The van der Waals surface area contributed by atoms with Crippen LogP contribution in [0.25, 0.3) is 10.2 Å². The van der Waals surface area contributed by atoms with Crippen molar-refractivity contribution in [3.05, 3.63) is 47.8 Å². The van der Waals surface area contributed by atoms with Crippen molar-refractivity contribution in [2.45, 2.75) is 19.9 Å². The van der Waals surface area contributed by atoms with Gasteiger partial charge in [0, 0.05) is 11.9 Å². The number of hydrogen-bond donors (Lipinski definition) is 2. The van der Waals surface area contributed by atoms with E-state index in [0.29, 0.717) is 6.54 Å². The summed E-state index contributed by atoms with van der Waals surface area (Å²) in [6.45, 7) is 2.83. The molecule has 2 heterocycles. The van der Waals surface area contributed by atoms with Gasteiger partial charge in [0.1, 0.15) is 0 Å². The molecule has 20 heavy (non-hydrogen) atoms. The highest BCUT2D eigenvalue weighted by Crippen LogP contribution is 2.27. The molecule has 2 aromatic heterocycles. The molecule has 0 saturated heterocycles. The number of pyridine rings is 1. The fourth-order valence-electron chi connectivity index (χ4n) is 2.13. The SMILES string of the molecule is CCc1cccnc1CNc1nc2ccc(N)cc2s1. The Bertz CT molecular complexity index is 736. The molecule has 102 valence electrons. The van der Waals surface area contributed by atoms with Gasteiger partial charge < -0.3 is 11.1 Å². The van der Waals surface area contributed by atoms with E-state index in [9.17, 15) is 0 Å². The van der Waals surface area contributed by atoms with Crippen LogP contribution in [0.15, 0.2) is 36.5 Å². The second-order valence-corrected chi connectivity index (χ2v) is 5.59. The van der Waals surface area contributed by atoms with E-state index in [2.05, 4.69) is 28.3 Å². The highest BCUT2D eigenvalue weighted by molar-refractivity contribution is 7.22. The van der Waals surface area contributed by atoms with Gasteiger partial charge in [0.25, 0.3) is 0 Å². The van der Waals surface area contributed by atoms with Crippen LogP contribution in [0.3, 0.4) is 0 Å². The number of thiazole rings is 1. The smallest absolute Gasteiger partial charge is 0.184 e. The van der Waals surface area contributed by atoms with Crippen LogP contribution in [0.1, 0.15) is 18.2 Å². The Morgan fingerprint density at radius 1 is 1.30 bits per heavy atom. The molecule has 4 nitrogen and oxygen atoms in total. The number of rotatable bonds is 4. The molecular weight excluding hydrogens is 268 g/mol. The van der Waals surface area contributed by atoms with Gasteiger partial charge in [0.05, 0.1) is 22.5 Å².